The maximum absolute atomic E-state index is 11.7. The Morgan fingerprint density at radius 3 is 2.25 bits per heavy atom. The van der Waals surface area contributed by atoms with Crippen molar-refractivity contribution < 1.29 is 24.2 Å². The van der Waals surface area contributed by atoms with Crippen LogP contribution in [0.3, 0.4) is 0 Å². The molecule has 0 aliphatic carbocycles. The van der Waals surface area contributed by atoms with Gasteiger partial charge in [-0.15, -0.1) is 0 Å². The van der Waals surface area contributed by atoms with Crippen LogP contribution in [0.25, 0.3) is 11.1 Å². The van der Waals surface area contributed by atoms with E-state index in [1.54, 1.807) is 6.07 Å². The normalized spacial score (nSPS) is 10.2. The molecular weight excluding hydrogens is 308 g/mol. The molecule has 0 saturated carbocycles. The molecule has 0 aromatic heterocycles. The lowest BCUT2D eigenvalue weighted by Gasteiger charge is -2.10. The fourth-order valence-corrected chi connectivity index (χ4v) is 2.28. The molecule has 5 nitrogen and oxygen atoms in total. The van der Waals surface area contributed by atoms with E-state index < -0.39 is 11.9 Å². The number of esters is 2. The van der Waals surface area contributed by atoms with Crippen LogP contribution in [0, 0.1) is 0 Å². The third kappa shape index (κ3) is 5.21. The van der Waals surface area contributed by atoms with Gasteiger partial charge in [0.1, 0.15) is 6.61 Å². The fraction of sp³-hybridized carbons (Fsp3) is 0.263. The minimum absolute atomic E-state index is 0.00127. The largest absolute Gasteiger partial charge is 0.469 e. The van der Waals surface area contributed by atoms with Crippen LogP contribution < -0.4 is 0 Å². The van der Waals surface area contributed by atoms with Gasteiger partial charge >= 0.3 is 11.9 Å². The molecule has 0 amide bonds. The number of benzene rings is 2. The monoisotopic (exact) mass is 328 g/mol. The average Bonchev–Trinajstić information content (AvgIpc) is 2.64. The van der Waals surface area contributed by atoms with E-state index in [-0.39, 0.29) is 26.1 Å². The summed E-state index contributed by atoms with van der Waals surface area (Å²) in [5.74, 6) is -0.906. The summed E-state index contributed by atoms with van der Waals surface area (Å²) in [4.78, 5) is 22.7. The maximum Gasteiger partial charge on any atom is 0.306 e. The van der Waals surface area contributed by atoms with Crippen LogP contribution >= 0.6 is 0 Å². The molecule has 2 aromatic carbocycles. The Balaban J connectivity index is 2.05. The molecule has 0 bridgehead atoms. The Morgan fingerprint density at radius 1 is 0.917 bits per heavy atom. The van der Waals surface area contributed by atoms with Gasteiger partial charge in [0, 0.05) is 0 Å². The number of ether oxygens (including phenoxy) is 2. The van der Waals surface area contributed by atoms with Gasteiger partial charge in [0.05, 0.1) is 26.6 Å². The molecule has 2 aromatic rings. The number of methoxy groups -OCH3 is 1. The highest BCUT2D eigenvalue weighted by Gasteiger charge is 2.09. The summed E-state index contributed by atoms with van der Waals surface area (Å²) in [7, 11) is 1.28. The molecule has 0 spiro atoms. The lowest BCUT2D eigenvalue weighted by molar-refractivity contribution is -0.149. The van der Waals surface area contributed by atoms with Crippen LogP contribution in [0.5, 0.6) is 0 Å². The van der Waals surface area contributed by atoms with Crippen LogP contribution in [-0.4, -0.2) is 24.2 Å². The third-order valence-electron chi connectivity index (χ3n) is 3.50. The predicted molar refractivity (Wildman–Crippen MR) is 88.8 cm³/mol. The zero-order valence-corrected chi connectivity index (χ0v) is 13.5. The second-order valence-corrected chi connectivity index (χ2v) is 5.30. The minimum atomic E-state index is -0.462. The third-order valence-corrected chi connectivity index (χ3v) is 3.50. The summed E-state index contributed by atoms with van der Waals surface area (Å²) >= 11 is 0. The van der Waals surface area contributed by atoms with Gasteiger partial charge in [-0.1, -0.05) is 36.4 Å². The SMILES string of the molecule is COC(=O)CCC(=O)OCc1cc(CO)cc(-c2ccccc2)c1. The maximum atomic E-state index is 11.7. The topological polar surface area (TPSA) is 72.8 Å². The first kappa shape index (κ1) is 17.7. The van der Waals surface area contributed by atoms with E-state index in [1.165, 1.54) is 7.11 Å². The van der Waals surface area contributed by atoms with Gasteiger partial charge in [-0.05, 0) is 34.4 Å². The van der Waals surface area contributed by atoms with Crippen LogP contribution in [0.4, 0.5) is 0 Å². The Bertz CT molecular complexity index is 694. The Kier molecular flexibility index (Phi) is 6.51. The van der Waals surface area contributed by atoms with Gasteiger partial charge in [-0.25, -0.2) is 0 Å². The van der Waals surface area contributed by atoms with Crippen molar-refractivity contribution in [2.24, 2.45) is 0 Å². The highest BCUT2D eigenvalue weighted by Crippen LogP contribution is 2.23. The van der Waals surface area contributed by atoms with Gasteiger partial charge in [0.25, 0.3) is 0 Å². The van der Waals surface area contributed by atoms with E-state index in [1.807, 2.05) is 42.5 Å². The summed E-state index contributed by atoms with van der Waals surface area (Å²) < 4.78 is 9.67. The molecule has 1 N–H and O–H groups in total. The number of hydrogen-bond donors (Lipinski definition) is 1. The van der Waals surface area contributed by atoms with Crippen molar-refractivity contribution in [2.45, 2.75) is 26.1 Å². The molecule has 0 aliphatic heterocycles. The number of aliphatic hydroxyl groups is 1. The van der Waals surface area contributed by atoms with Crippen molar-refractivity contribution in [3.05, 3.63) is 59.7 Å². The van der Waals surface area contributed by atoms with Crippen LogP contribution in [0.15, 0.2) is 48.5 Å². The van der Waals surface area contributed by atoms with Crippen molar-refractivity contribution >= 4 is 11.9 Å². The van der Waals surface area contributed by atoms with E-state index in [2.05, 4.69) is 4.74 Å². The molecule has 0 aliphatic rings. The quantitative estimate of drug-likeness (QED) is 0.791. The van der Waals surface area contributed by atoms with Crippen LogP contribution in [0.2, 0.25) is 0 Å². The van der Waals surface area contributed by atoms with E-state index in [0.29, 0.717) is 0 Å². The summed E-state index contributed by atoms with van der Waals surface area (Å²) in [6, 6.07) is 15.4. The second-order valence-electron chi connectivity index (χ2n) is 5.30. The van der Waals surface area contributed by atoms with Crippen LogP contribution in [0.1, 0.15) is 24.0 Å². The molecule has 24 heavy (non-hydrogen) atoms. The summed E-state index contributed by atoms with van der Waals surface area (Å²) in [6.45, 7) is -0.00234. The lowest BCUT2D eigenvalue weighted by atomic mass is 10.0. The summed E-state index contributed by atoms with van der Waals surface area (Å²) in [5.41, 5.74) is 3.50. The first-order valence-electron chi connectivity index (χ1n) is 7.64. The molecule has 5 heteroatoms. The molecule has 0 radical (unpaired) electrons. The average molecular weight is 328 g/mol. The molecular formula is C19H20O5. The first-order valence-corrected chi connectivity index (χ1v) is 7.64. The van der Waals surface area contributed by atoms with Gasteiger partial charge < -0.3 is 14.6 Å². The smallest absolute Gasteiger partial charge is 0.306 e. The van der Waals surface area contributed by atoms with Crippen molar-refractivity contribution in [1.29, 1.82) is 0 Å². The fourth-order valence-electron chi connectivity index (χ4n) is 2.28. The van der Waals surface area contributed by atoms with Crippen LogP contribution in [-0.2, 0) is 32.3 Å². The molecule has 0 unspecified atom stereocenters. The zero-order chi connectivity index (χ0) is 17.4. The van der Waals surface area contributed by atoms with Gasteiger partial charge in [0.2, 0.25) is 0 Å². The second kappa shape index (κ2) is 8.84. The first-order chi connectivity index (χ1) is 11.6. The Morgan fingerprint density at radius 2 is 1.58 bits per heavy atom. The standard InChI is InChI=1S/C19H20O5/c1-23-18(21)7-8-19(22)24-13-15-9-14(12-20)10-17(11-15)16-5-3-2-4-6-16/h2-6,9-11,20H,7-8,12-13H2,1H3. The molecule has 0 fully saturated rings. The van der Waals surface area contributed by atoms with Gasteiger partial charge in [-0.3, -0.25) is 9.59 Å². The summed E-state index contributed by atoms with van der Waals surface area (Å²) in [6.07, 6.45) is -0.0147. The molecule has 2 rings (SSSR count). The minimum Gasteiger partial charge on any atom is -0.469 e. The molecule has 0 atom stereocenters. The number of rotatable bonds is 7. The van der Waals surface area contributed by atoms with E-state index in [0.717, 1.165) is 22.3 Å². The number of carbonyl (C=O) groups excluding carboxylic acids is 2. The number of carbonyl (C=O) groups is 2. The lowest BCUT2D eigenvalue weighted by Crippen LogP contribution is -2.09. The molecule has 126 valence electrons. The zero-order valence-electron chi connectivity index (χ0n) is 13.5. The van der Waals surface area contributed by atoms with Crippen molar-refractivity contribution in [1.82, 2.24) is 0 Å². The van der Waals surface area contributed by atoms with Gasteiger partial charge in [0.15, 0.2) is 0 Å². The van der Waals surface area contributed by atoms with E-state index >= 15 is 0 Å². The van der Waals surface area contributed by atoms with Crippen molar-refractivity contribution in [2.75, 3.05) is 7.11 Å². The van der Waals surface area contributed by atoms with Gasteiger partial charge in [-0.2, -0.15) is 0 Å². The molecule has 0 saturated heterocycles. The highest BCUT2D eigenvalue weighted by atomic mass is 16.5. The van der Waals surface area contributed by atoms with Crippen molar-refractivity contribution in [3.63, 3.8) is 0 Å². The number of hydrogen-bond acceptors (Lipinski definition) is 5. The summed E-state index contributed by atoms with van der Waals surface area (Å²) in [5, 5.41) is 9.42. The Labute approximate surface area is 140 Å². The Hall–Kier alpha value is -2.66. The predicted octanol–water partition coefficient (Wildman–Crippen LogP) is 2.84. The van der Waals surface area contributed by atoms with Crippen molar-refractivity contribution in [3.8, 4) is 11.1 Å². The highest BCUT2D eigenvalue weighted by molar-refractivity contribution is 5.77. The molecule has 0 heterocycles. The number of aliphatic hydroxyl groups excluding tert-OH is 1. The van der Waals surface area contributed by atoms with E-state index in [4.69, 9.17) is 4.74 Å². The van der Waals surface area contributed by atoms with E-state index in [9.17, 15) is 14.7 Å².